The van der Waals surface area contributed by atoms with E-state index in [1.165, 1.54) is 0 Å². The van der Waals surface area contributed by atoms with E-state index in [0.717, 1.165) is 0 Å². The molecular weight excluding hydrogens is 483 g/mol. The first-order chi connectivity index (χ1) is 13.4. The van der Waals surface area contributed by atoms with Crippen LogP contribution < -0.4 is 9.67 Å². The molecule has 0 aromatic rings. The highest BCUT2D eigenvalue weighted by Crippen LogP contribution is 2.16. The molecule has 4 unspecified atom stereocenters. The molecule has 0 aliphatic heterocycles. The minimum absolute atomic E-state index is 0.124. The Morgan fingerprint density at radius 1 is 0.700 bits per heavy atom. The van der Waals surface area contributed by atoms with Crippen molar-refractivity contribution >= 4 is 43.2 Å². The van der Waals surface area contributed by atoms with Crippen LogP contribution in [0, 0.1) is 0 Å². The van der Waals surface area contributed by atoms with E-state index in [0.29, 0.717) is 0 Å². The van der Waals surface area contributed by atoms with Crippen molar-refractivity contribution in [2.24, 2.45) is 0 Å². The van der Waals surface area contributed by atoms with Crippen LogP contribution in [0.15, 0.2) is 0 Å². The first kappa shape index (κ1) is 30.2. The van der Waals surface area contributed by atoms with Crippen LogP contribution in [-0.2, 0) is 19.7 Å². The van der Waals surface area contributed by atoms with Crippen molar-refractivity contribution in [3.05, 3.63) is 0 Å². The Morgan fingerprint density at radius 2 is 0.967 bits per heavy atom. The highest BCUT2D eigenvalue weighted by Gasteiger charge is 2.35. The highest BCUT2D eigenvalue weighted by atomic mass is 35.5. The quantitative estimate of drug-likeness (QED) is 0.149. The molecule has 182 valence electrons. The molecule has 0 heterocycles. The standard InChI is InChI=1S/C16H34Cl2N2O8S2/c1-15(2,19-17)5-7-29(25,26)9-11(21)13(23)14(24)12(22)10-30(27,28)8-6-16(3,4)20-18/h11-14,19-24H,5-10H2,1-4H3. The molecule has 30 heavy (non-hydrogen) atoms. The van der Waals surface area contributed by atoms with Crippen LogP contribution in [0.2, 0.25) is 0 Å². The van der Waals surface area contributed by atoms with Crippen molar-refractivity contribution in [2.75, 3.05) is 23.0 Å². The Bertz CT molecular complexity index is 670. The normalized spacial score (nSPS) is 18.1. The summed E-state index contributed by atoms with van der Waals surface area (Å²) in [4.78, 5) is 4.85. The molecule has 0 fully saturated rings. The van der Waals surface area contributed by atoms with Gasteiger partial charge in [0.15, 0.2) is 19.7 Å². The zero-order valence-corrected chi connectivity index (χ0v) is 20.7. The molecule has 0 radical (unpaired) electrons. The molecule has 10 nitrogen and oxygen atoms in total. The number of hydrogen-bond acceptors (Lipinski definition) is 10. The van der Waals surface area contributed by atoms with Crippen molar-refractivity contribution in [3.63, 3.8) is 0 Å². The van der Waals surface area contributed by atoms with Crippen LogP contribution in [-0.4, -0.2) is 95.8 Å². The third-order valence-electron chi connectivity index (χ3n) is 4.58. The molecule has 14 heteroatoms. The Hall–Kier alpha value is 0.240. The van der Waals surface area contributed by atoms with Gasteiger partial charge in [-0.2, -0.15) is 0 Å². The van der Waals surface area contributed by atoms with Gasteiger partial charge in [0.2, 0.25) is 0 Å². The summed E-state index contributed by atoms with van der Waals surface area (Å²) in [5, 5.41) is 40.0. The Balaban J connectivity index is 4.87. The molecule has 0 rings (SSSR count). The fourth-order valence-corrected chi connectivity index (χ4v) is 5.86. The van der Waals surface area contributed by atoms with Crippen LogP contribution in [0.3, 0.4) is 0 Å². The van der Waals surface area contributed by atoms with E-state index >= 15 is 0 Å². The molecule has 4 atom stereocenters. The Kier molecular flexibility index (Phi) is 12.0. The lowest BCUT2D eigenvalue weighted by atomic mass is 10.0. The van der Waals surface area contributed by atoms with E-state index in [9.17, 15) is 37.3 Å². The summed E-state index contributed by atoms with van der Waals surface area (Å²) in [6, 6.07) is 0. The van der Waals surface area contributed by atoms with Gasteiger partial charge in [0.05, 0.1) is 35.2 Å². The summed E-state index contributed by atoms with van der Waals surface area (Å²) >= 11 is 11.0. The van der Waals surface area contributed by atoms with Crippen molar-refractivity contribution in [2.45, 2.75) is 76.0 Å². The van der Waals surface area contributed by atoms with Gasteiger partial charge in [0, 0.05) is 11.1 Å². The van der Waals surface area contributed by atoms with E-state index in [2.05, 4.69) is 9.67 Å². The second-order valence-corrected chi connectivity index (χ2v) is 13.6. The number of hydrogen-bond donors (Lipinski definition) is 6. The highest BCUT2D eigenvalue weighted by molar-refractivity contribution is 7.91. The summed E-state index contributed by atoms with van der Waals surface area (Å²) in [5.41, 5.74) is -1.37. The SMILES string of the molecule is CC(C)(CCS(=O)(=O)CC(O)C(O)C(O)C(O)CS(=O)(=O)CCC(C)(C)NCl)NCl. The van der Waals surface area contributed by atoms with Gasteiger partial charge in [-0.3, -0.25) is 0 Å². The number of aliphatic hydroxyl groups excluding tert-OH is 4. The topological polar surface area (TPSA) is 173 Å². The first-order valence-corrected chi connectivity index (χ1v) is 13.7. The summed E-state index contributed by atoms with van der Waals surface area (Å²) in [6.45, 7) is 6.69. The molecule has 0 aromatic heterocycles. The van der Waals surface area contributed by atoms with Crippen LogP contribution in [0.5, 0.6) is 0 Å². The number of sulfone groups is 2. The summed E-state index contributed by atoms with van der Waals surface area (Å²) in [5.74, 6) is -2.45. The average molecular weight is 517 g/mol. The van der Waals surface area contributed by atoms with E-state index < -0.39 is 66.7 Å². The molecule has 0 aliphatic rings. The van der Waals surface area contributed by atoms with Crippen molar-refractivity contribution < 1.29 is 37.3 Å². The van der Waals surface area contributed by atoms with Gasteiger partial charge in [-0.1, -0.05) is 0 Å². The zero-order valence-electron chi connectivity index (χ0n) is 17.5. The van der Waals surface area contributed by atoms with Crippen LogP contribution in [0.25, 0.3) is 0 Å². The second-order valence-electron chi connectivity index (χ2n) is 8.80. The molecular formula is C16H34Cl2N2O8S2. The van der Waals surface area contributed by atoms with E-state index in [4.69, 9.17) is 23.6 Å². The van der Waals surface area contributed by atoms with Crippen molar-refractivity contribution in [1.29, 1.82) is 0 Å². The molecule has 0 saturated carbocycles. The maximum Gasteiger partial charge on any atom is 0.153 e. The zero-order chi connectivity index (χ0) is 24.0. The number of rotatable bonds is 15. The van der Waals surface area contributed by atoms with Crippen LogP contribution >= 0.6 is 23.6 Å². The predicted molar refractivity (Wildman–Crippen MR) is 117 cm³/mol. The van der Waals surface area contributed by atoms with Crippen molar-refractivity contribution in [1.82, 2.24) is 9.67 Å². The summed E-state index contributed by atoms with van der Waals surface area (Å²) in [6.07, 6.45) is -7.73. The van der Waals surface area contributed by atoms with Gasteiger partial charge in [-0.05, 0) is 64.1 Å². The minimum atomic E-state index is -3.83. The van der Waals surface area contributed by atoms with Gasteiger partial charge >= 0.3 is 0 Å². The van der Waals surface area contributed by atoms with E-state index in [1.807, 2.05) is 0 Å². The smallest absolute Gasteiger partial charge is 0.153 e. The fourth-order valence-electron chi connectivity index (χ4n) is 2.26. The maximum absolute atomic E-state index is 12.1. The second kappa shape index (κ2) is 11.9. The molecule has 0 amide bonds. The first-order valence-electron chi connectivity index (χ1n) is 9.26. The third-order valence-corrected chi connectivity index (χ3v) is 8.95. The Morgan fingerprint density at radius 3 is 1.20 bits per heavy atom. The lowest BCUT2D eigenvalue weighted by Crippen LogP contribution is -2.49. The monoisotopic (exact) mass is 516 g/mol. The minimum Gasteiger partial charge on any atom is -0.389 e. The average Bonchev–Trinajstić information content (AvgIpc) is 2.63. The van der Waals surface area contributed by atoms with E-state index in [-0.39, 0.29) is 24.3 Å². The van der Waals surface area contributed by atoms with Crippen molar-refractivity contribution in [3.8, 4) is 0 Å². The Labute approximate surface area is 189 Å². The predicted octanol–water partition coefficient (Wildman–Crippen LogP) is -0.916. The fraction of sp³-hybridized carbons (Fsp3) is 1.00. The van der Waals surface area contributed by atoms with Gasteiger partial charge in [-0.25, -0.2) is 26.5 Å². The summed E-state index contributed by atoms with van der Waals surface area (Å²) in [7, 11) is -7.66. The summed E-state index contributed by atoms with van der Waals surface area (Å²) < 4.78 is 48.6. The van der Waals surface area contributed by atoms with E-state index in [1.54, 1.807) is 27.7 Å². The van der Waals surface area contributed by atoms with Gasteiger partial charge in [-0.15, -0.1) is 0 Å². The number of halogens is 2. The van der Waals surface area contributed by atoms with Crippen LogP contribution in [0.1, 0.15) is 40.5 Å². The molecule has 0 spiro atoms. The maximum atomic E-state index is 12.1. The van der Waals surface area contributed by atoms with Gasteiger partial charge < -0.3 is 20.4 Å². The lowest BCUT2D eigenvalue weighted by Gasteiger charge is -2.27. The molecule has 0 aromatic carbocycles. The molecule has 0 saturated heterocycles. The molecule has 0 aliphatic carbocycles. The van der Waals surface area contributed by atoms with Gasteiger partial charge in [0.1, 0.15) is 12.2 Å². The number of aliphatic hydroxyl groups is 4. The van der Waals surface area contributed by atoms with Gasteiger partial charge in [0.25, 0.3) is 0 Å². The third kappa shape index (κ3) is 11.7. The van der Waals surface area contributed by atoms with Crippen LogP contribution in [0.4, 0.5) is 0 Å². The lowest BCUT2D eigenvalue weighted by molar-refractivity contribution is -0.0928. The largest absolute Gasteiger partial charge is 0.389 e. The molecule has 6 N–H and O–H groups in total. The number of nitrogens with one attached hydrogen (secondary N) is 2. The molecule has 0 bridgehead atoms.